The van der Waals surface area contributed by atoms with Crippen molar-refractivity contribution in [2.24, 2.45) is 0 Å². The largest absolute Gasteiger partial charge is 0.490 e. The van der Waals surface area contributed by atoms with Crippen molar-refractivity contribution in [2.45, 2.75) is 19.9 Å². The van der Waals surface area contributed by atoms with Crippen LogP contribution in [0.25, 0.3) is 0 Å². The van der Waals surface area contributed by atoms with E-state index in [0.717, 1.165) is 18.0 Å². The first-order valence-corrected chi connectivity index (χ1v) is 7.32. The molecule has 0 saturated heterocycles. The molecule has 0 bridgehead atoms. The summed E-state index contributed by atoms with van der Waals surface area (Å²) in [4.78, 5) is 6.48. The molecule has 21 heavy (non-hydrogen) atoms. The summed E-state index contributed by atoms with van der Waals surface area (Å²) >= 11 is 0. The summed E-state index contributed by atoms with van der Waals surface area (Å²) in [5.74, 6) is 1.55. The number of nitrogens with zero attached hydrogens (tertiary/aromatic N) is 2. The molecule has 0 amide bonds. The second kappa shape index (κ2) is 8.27. The summed E-state index contributed by atoms with van der Waals surface area (Å²) in [6.07, 6.45) is 2.70. The number of rotatable bonds is 8. The molecular weight excluding hydrogens is 264 g/mol. The quantitative estimate of drug-likeness (QED) is 0.810. The average Bonchev–Trinajstić information content (AvgIpc) is 2.54. The van der Waals surface area contributed by atoms with Crippen LogP contribution < -0.4 is 9.64 Å². The van der Waals surface area contributed by atoms with Gasteiger partial charge >= 0.3 is 0 Å². The SMILES string of the molecule is CCCOc1cccnc1N(CCO)Cc1ccccc1. The summed E-state index contributed by atoms with van der Waals surface area (Å²) < 4.78 is 5.77. The fourth-order valence-electron chi connectivity index (χ4n) is 2.13. The van der Waals surface area contributed by atoms with Crippen molar-refractivity contribution in [3.8, 4) is 5.75 Å². The fourth-order valence-corrected chi connectivity index (χ4v) is 2.13. The van der Waals surface area contributed by atoms with Crippen LogP contribution in [0.3, 0.4) is 0 Å². The molecule has 0 radical (unpaired) electrons. The van der Waals surface area contributed by atoms with Crippen molar-refractivity contribution in [3.63, 3.8) is 0 Å². The number of aromatic nitrogens is 1. The van der Waals surface area contributed by atoms with Crippen LogP contribution in [0.4, 0.5) is 5.82 Å². The summed E-state index contributed by atoms with van der Waals surface area (Å²) in [5.41, 5.74) is 1.18. The van der Waals surface area contributed by atoms with Gasteiger partial charge in [-0.15, -0.1) is 0 Å². The minimum Gasteiger partial charge on any atom is -0.490 e. The van der Waals surface area contributed by atoms with Gasteiger partial charge in [-0.2, -0.15) is 0 Å². The molecule has 0 spiro atoms. The predicted molar refractivity (Wildman–Crippen MR) is 84.6 cm³/mol. The van der Waals surface area contributed by atoms with Crippen LogP contribution in [0, 0.1) is 0 Å². The zero-order valence-electron chi connectivity index (χ0n) is 12.4. The Bertz CT molecular complexity index is 531. The molecule has 1 aromatic carbocycles. The predicted octanol–water partition coefficient (Wildman–Crippen LogP) is 2.87. The average molecular weight is 286 g/mol. The van der Waals surface area contributed by atoms with E-state index < -0.39 is 0 Å². The van der Waals surface area contributed by atoms with Gasteiger partial charge in [0, 0.05) is 19.3 Å². The van der Waals surface area contributed by atoms with Gasteiger partial charge < -0.3 is 14.7 Å². The monoisotopic (exact) mass is 286 g/mol. The molecule has 4 nitrogen and oxygen atoms in total. The lowest BCUT2D eigenvalue weighted by Crippen LogP contribution is -2.27. The molecule has 0 aliphatic rings. The van der Waals surface area contributed by atoms with Gasteiger partial charge in [0.05, 0.1) is 13.2 Å². The van der Waals surface area contributed by atoms with Crippen LogP contribution >= 0.6 is 0 Å². The summed E-state index contributed by atoms with van der Waals surface area (Å²) in [6.45, 7) is 4.04. The van der Waals surface area contributed by atoms with E-state index in [9.17, 15) is 5.11 Å². The normalized spacial score (nSPS) is 10.4. The smallest absolute Gasteiger partial charge is 0.171 e. The van der Waals surface area contributed by atoms with E-state index in [1.165, 1.54) is 5.56 Å². The zero-order valence-corrected chi connectivity index (χ0v) is 12.4. The van der Waals surface area contributed by atoms with Crippen LogP contribution in [0.2, 0.25) is 0 Å². The molecule has 4 heteroatoms. The third-order valence-electron chi connectivity index (χ3n) is 3.10. The van der Waals surface area contributed by atoms with Crippen LogP contribution in [-0.4, -0.2) is 29.8 Å². The van der Waals surface area contributed by atoms with Gasteiger partial charge in [0.1, 0.15) is 0 Å². The highest BCUT2D eigenvalue weighted by atomic mass is 16.5. The first-order chi connectivity index (χ1) is 10.3. The number of hydrogen-bond acceptors (Lipinski definition) is 4. The van der Waals surface area contributed by atoms with Gasteiger partial charge in [0.2, 0.25) is 0 Å². The van der Waals surface area contributed by atoms with Crippen LogP contribution in [0.1, 0.15) is 18.9 Å². The van der Waals surface area contributed by atoms with Crippen LogP contribution in [0.15, 0.2) is 48.7 Å². The van der Waals surface area contributed by atoms with Crippen molar-refractivity contribution < 1.29 is 9.84 Å². The molecule has 0 aliphatic heterocycles. The maximum Gasteiger partial charge on any atom is 0.171 e. The molecule has 1 heterocycles. The molecule has 0 fully saturated rings. The molecular formula is C17H22N2O2. The number of pyridine rings is 1. The zero-order chi connectivity index (χ0) is 14.9. The van der Waals surface area contributed by atoms with E-state index in [1.54, 1.807) is 6.20 Å². The number of anilines is 1. The van der Waals surface area contributed by atoms with Crippen LogP contribution in [-0.2, 0) is 6.54 Å². The van der Waals surface area contributed by atoms with E-state index in [2.05, 4.69) is 24.0 Å². The van der Waals surface area contributed by atoms with Gasteiger partial charge in [-0.25, -0.2) is 4.98 Å². The topological polar surface area (TPSA) is 45.6 Å². The fraction of sp³-hybridized carbons (Fsp3) is 0.353. The second-order valence-corrected chi connectivity index (χ2v) is 4.80. The van der Waals surface area contributed by atoms with E-state index >= 15 is 0 Å². The maximum atomic E-state index is 9.33. The molecule has 2 aromatic rings. The Labute approximate surface area is 126 Å². The van der Waals surface area contributed by atoms with E-state index in [-0.39, 0.29) is 6.61 Å². The lowest BCUT2D eigenvalue weighted by atomic mass is 10.2. The Morgan fingerprint density at radius 2 is 1.95 bits per heavy atom. The highest BCUT2D eigenvalue weighted by Crippen LogP contribution is 2.26. The standard InChI is InChI=1S/C17H22N2O2/c1-2-13-21-16-9-6-10-18-17(16)19(11-12-20)14-15-7-4-3-5-8-15/h3-10,20H,2,11-14H2,1H3. The van der Waals surface area contributed by atoms with Gasteiger partial charge in [-0.1, -0.05) is 37.3 Å². The Balaban J connectivity index is 2.21. The second-order valence-electron chi connectivity index (χ2n) is 4.80. The number of benzene rings is 1. The van der Waals surface area contributed by atoms with Crippen molar-refractivity contribution in [2.75, 3.05) is 24.7 Å². The Morgan fingerprint density at radius 1 is 1.14 bits per heavy atom. The Kier molecular flexibility index (Phi) is 6.03. The Morgan fingerprint density at radius 3 is 2.67 bits per heavy atom. The molecule has 1 N–H and O–H groups in total. The van der Waals surface area contributed by atoms with Crippen molar-refractivity contribution in [1.82, 2.24) is 4.98 Å². The van der Waals surface area contributed by atoms with Crippen molar-refractivity contribution >= 4 is 5.82 Å². The first-order valence-electron chi connectivity index (χ1n) is 7.32. The summed E-state index contributed by atoms with van der Waals surface area (Å²) in [6, 6.07) is 14.0. The van der Waals surface area contributed by atoms with Gasteiger partial charge in [-0.05, 0) is 24.1 Å². The highest BCUT2D eigenvalue weighted by molar-refractivity contribution is 5.52. The molecule has 1 aromatic heterocycles. The number of aliphatic hydroxyl groups is 1. The van der Waals surface area contributed by atoms with Gasteiger partial charge in [-0.3, -0.25) is 0 Å². The molecule has 112 valence electrons. The highest BCUT2D eigenvalue weighted by Gasteiger charge is 2.13. The Hall–Kier alpha value is -2.07. The van der Waals surface area contributed by atoms with Gasteiger partial charge in [0.25, 0.3) is 0 Å². The number of ether oxygens (including phenoxy) is 1. The molecule has 2 rings (SSSR count). The van der Waals surface area contributed by atoms with Crippen LogP contribution in [0.5, 0.6) is 5.75 Å². The summed E-state index contributed by atoms with van der Waals surface area (Å²) in [5, 5.41) is 9.33. The van der Waals surface area contributed by atoms with Crippen molar-refractivity contribution in [1.29, 1.82) is 0 Å². The third kappa shape index (κ3) is 4.46. The third-order valence-corrected chi connectivity index (χ3v) is 3.10. The minimum absolute atomic E-state index is 0.0800. The number of hydrogen-bond donors (Lipinski definition) is 1. The van der Waals surface area contributed by atoms with Crippen molar-refractivity contribution in [3.05, 3.63) is 54.2 Å². The maximum absolute atomic E-state index is 9.33. The van der Waals surface area contributed by atoms with E-state index in [4.69, 9.17) is 4.74 Å². The first kappa shape index (κ1) is 15.3. The molecule has 0 saturated carbocycles. The van der Waals surface area contributed by atoms with E-state index in [0.29, 0.717) is 19.7 Å². The molecule has 0 aliphatic carbocycles. The minimum atomic E-state index is 0.0800. The summed E-state index contributed by atoms with van der Waals surface area (Å²) in [7, 11) is 0. The number of aliphatic hydroxyl groups excluding tert-OH is 1. The lowest BCUT2D eigenvalue weighted by molar-refractivity contribution is 0.297. The van der Waals surface area contributed by atoms with Gasteiger partial charge in [0.15, 0.2) is 11.6 Å². The van der Waals surface area contributed by atoms with E-state index in [1.807, 2.05) is 35.2 Å². The molecule has 0 atom stereocenters. The molecule has 0 unspecified atom stereocenters. The lowest BCUT2D eigenvalue weighted by Gasteiger charge is -2.25.